The fraction of sp³-hybridized carbons (Fsp3) is 0.455. The fourth-order valence-electron chi connectivity index (χ4n) is 1.21. The topological polar surface area (TPSA) is 3.24 Å². The van der Waals surface area contributed by atoms with Gasteiger partial charge >= 0.3 is 0 Å². The molecule has 1 unspecified atom stereocenters. The van der Waals surface area contributed by atoms with Crippen molar-refractivity contribution in [2.75, 3.05) is 12.9 Å². The molecule has 0 radical (unpaired) electrons. The van der Waals surface area contributed by atoms with Crippen LogP contribution in [0, 0.1) is 5.82 Å². The minimum atomic E-state index is -0.267. The van der Waals surface area contributed by atoms with E-state index in [1.54, 1.807) is 12.1 Å². The summed E-state index contributed by atoms with van der Waals surface area (Å²) in [5, 5.41) is 0.462. The summed E-state index contributed by atoms with van der Waals surface area (Å²) < 4.78 is 13.4. The van der Waals surface area contributed by atoms with E-state index in [1.807, 2.05) is 18.9 Å². The van der Waals surface area contributed by atoms with Gasteiger partial charge in [-0.1, -0.05) is 17.7 Å². The van der Waals surface area contributed by atoms with Crippen LogP contribution in [0.2, 0.25) is 5.02 Å². The zero-order chi connectivity index (χ0) is 11.4. The van der Waals surface area contributed by atoms with Gasteiger partial charge in [0, 0.05) is 29.1 Å². The molecule has 84 valence electrons. The predicted octanol–water partition coefficient (Wildman–Crippen LogP) is 3.54. The summed E-state index contributed by atoms with van der Waals surface area (Å²) in [6, 6.07) is 4.91. The van der Waals surface area contributed by atoms with Gasteiger partial charge in [-0.15, -0.1) is 11.6 Å². The van der Waals surface area contributed by atoms with Gasteiger partial charge in [0.2, 0.25) is 0 Å². The lowest BCUT2D eigenvalue weighted by molar-refractivity contribution is 0.265. The maximum atomic E-state index is 13.4. The van der Waals surface area contributed by atoms with Crippen LogP contribution in [0.4, 0.5) is 4.39 Å². The molecular formula is C11H14Cl2FN. The van der Waals surface area contributed by atoms with E-state index in [2.05, 4.69) is 0 Å². The highest BCUT2D eigenvalue weighted by atomic mass is 35.5. The van der Waals surface area contributed by atoms with Gasteiger partial charge < -0.3 is 0 Å². The molecule has 0 saturated heterocycles. The van der Waals surface area contributed by atoms with Crippen LogP contribution in [0.3, 0.4) is 0 Å². The van der Waals surface area contributed by atoms with Gasteiger partial charge in [-0.25, -0.2) is 4.39 Å². The van der Waals surface area contributed by atoms with E-state index in [4.69, 9.17) is 23.2 Å². The first-order valence-corrected chi connectivity index (χ1v) is 5.66. The monoisotopic (exact) mass is 249 g/mol. The van der Waals surface area contributed by atoms with Crippen LogP contribution in [0.1, 0.15) is 12.5 Å². The quantitative estimate of drug-likeness (QED) is 0.739. The lowest BCUT2D eigenvalue weighted by Crippen LogP contribution is -2.30. The second kappa shape index (κ2) is 5.69. The molecule has 0 aromatic heterocycles. The highest BCUT2D eigenvalue weighted by Crippen LogP contribution is 2.21. The van der Waals surface area contributed by atoms with E-state index >= 15 is 0 Å². The van der Waals surface area contributed by atoms with Crippen LogP contribution in [-0.2, 0) is 6.54 Å². The summed E-state index contributed by atoms with van der Waals surface area (Å²) >= 11 is 11.6. The number of hydrogen-bond acceptors (Lipinski definition) is 1. The Morgan fingerprint density at radius 2 is 2.13 bits per heavy atom. The van der Waals surface area contributed by atoms with E-state index in [-0.39, 0.29) is 11.9 Å². The molecule has 1 aromatic rings. The first kappa shape index (κ1) is 12.8. The Kier molecular flexibility index (Phi) is 4.84. The summed E-state index contributed by atoms with van der Waals surface area (Å²) in [6.45, 7) is 2.46. The Morgan fingerprint density at radius 1 is 1.47 bits per heavy atom. The van der Waals surface area contributed by atoms with Crippen LogP contribution in [0.25, 0.3) is 0 Å². The molecule has 0 saturated carbocycles. The van der Waals surface area contributed by atoms with Gasteiger partial charge in [0.15, 0.2) is 0 Å². The minimum absolute atomic E-state index is 0.197. The molecule has 0 aliphatic heterocycles. The van der Waals surface area contributed by atoms with E-state index in [1.165, 1.54) is 6.07 Å². The normalized spacial score (nSPS) is 13.2. The Balaban J connectivity index is 2.80. The molecule has 0 aliphatic rings. The van der Waals surface area contributed by atoms with Gasteiger partial charge in [-0.05, 0) is 26.1 Å². The first-order chi connectivity index (χ1) is 7.06. The molecule has 0 fully saturated rings. The number of halogens is 3. The van der Waals surface area contributed by atoms with Gasteiger partial charge in [0.1, 0.15) is 5.82 Å². The Hall–Kier alpha value is -0.310. The summed E-state index contributed by atoms with van der Waals surface area (Å²) in [4.78, 5) is 1.97. The minimum Gasteiger partial charge on any atom is -0.298 e. The summed E-state index contributed by atoms with van der Waals surface area (Å²) in [7, 11) is 1.90. The Morgan fingerprint density at radius 3 is 2.67 bits per heavy atom. The maximum Gasteiger partial charge on any atom is 0.129 e. The molecule has 0 spiro atoms. The standard InChI is InChI=1S/C11H14Cl2FN/c1-8(6-12)15(2)7-9-10(13)4-3-5-11(9)14/h3-5,8H,6-7H2,1-2H3. The summed E-state index contributed by atoms with van der Waals surface area (Å²) in [5.41, 5.74) is 0.527. The van der Waals surface area contributed by atoms with Crippen molar-refractivity contribution in [2.45, 2.75) is 19.5 Å². The van der Waals surface area contributed by atoms with Crippen molar-refractivity contribution < 1.29 is 4.39 Å². The molecule has 4 heteroatoms. The molecule has 0 aliphatic carbocycles. The van der Waals surface area contributed by atoms with E-state index in [0.29, 0.717) is 23.0 Å². The Bertz CT molecular complexity index is 310. The smallest absolute Gasteiger partial charge is 0.129 e. The third-order valence-corrected chi connectivity index (χ3v) is 3.25. The van der Waals surface area contributed by atoms with E-state index < -0.39 is 0 Å². The molecule has 15 heavy (non-hydrogen) atoms. The van der Waals surface area contributed by atoms with E-state index in [9.17, 15) is 4.39 Å². The van der Waals surface area contributed by atoms with Crippen molar-refractivity contribution in [3.8, 4) is 0 Å². The zero-order valence-corrected chi connectivity index (χ0v) is 10.3. The molecular weight excluding hydrogens is 236 g/mol. The summed E-state index contributed by atoms with van der Waals surface area (Å²) in [6.07, 6.45) is 0. The lowest BCUT2D eigenvalue weighted by Gasteiger charge is -2.23. The number of benzene rings is 1. The lowest BCUT2D eigenvalue weighted by atomic mass is 10.2. The average molecular weight is 250 g/mol. The largest absolute Gasteiger partial charge is 0.298 e. The van der Waals surface area contributed by atoms with Gasteiger partial charge in [0.25, 0.3) is 0 Å². The van der Waals surface area contributed by atoms with Crippen LogP contribution in [0.15, 0.2) is 18.2 Å². The summed E-state index contributed by atoms with van der Waals surface area (Å²) in [5.74, 6) is 0.249. The molecule has 0 bridgehead atoms. The number of hydrogen-bond donors (Lipinski definition) is 0. The predicted molar refractivity (Wildman–Crippen MR) is 63.1 cm³/mol. The number of rotatable bonds is 4. The van der Waals surface area contributed by atoms with Crippen LogP contribution in [-0.4, -0.2) is 23.9 Å². The van der Waals surface area contributed by atoms with E-state index in [0.717, 1.165) is 0 Å². The van der Waals surface area contributed by atoms with Crippen molar-refractivity contribution in [3.05, 3.63) is 34.6 Å². The number of alkyl halides is 1. The maximum absolute atomic E-state index is 13.4. The van der Waals surface area contributed by atoms with Crippen LogP contribution in [0.5, 0.6) is 0 Å². The molecule has 0 N–H and O–H groups in total. The van der Waals surface area contributed by atoms with Gasteiger partial charge in [0.05, 0.1) is 0 Å². The fourth-order valence-corrected chi connectivity index (χ4v) is 1.66. The third-order valence-electron chi connectivity index (χ3n) is 2.44. The van der Waals surface area contributed by atoms with Crippen molar-refractivity contribution in [2.24, 2.45) is 0 Å². The number of nitrogens with zero attached hydrogens (tertiary/aromatic N) is 1. The molecule has 1 nitrogen and oxygen atoms in total. The second-order valence-corrected chi connectivity index (χ2v) is 4.33. The SMILES string of the molecule is CC(CCl)N(C)Cc1c(F)cccc1Cl. The van der Waals surface area contributed by atoms with Crippen molar-refractivity contribution in [1.82, 2.24) is 4.90 Å². The van der Waals surface area contributed by atoms with Gasteiger partial charge in [-0.3, -0.25) is 4.90 Å². The van der Waals surface area contributed by atoms with Crippen molar-refractivity contribution in [1.29, 1.82) is 0 Å². The first-order valence-electron chi connectivity index (χ1n) is 4.75. The molecule has 1 rings (SSSR count). The molecule has 1 atom stereocenters. The third kappa shape index (κ3) is 3.33. The average Bonchev–Trinajstić information content (AvgIpc) is 2.22. The second-order valence-electron chi connectivity index (χ2n) is 3.62. The highest BCUT2D eigenvalue weighted by molar-refractivity contribution is 6.31. The van der Waals surface area contributed by atoms with Crippen LogP contribution >= 0.6 is 23.2 Å². The highest BCUT2D eigenvalue weighted by Gasteiger charge is 2.13. The molecule has 0 heterocycles. The van der Waals surface area contributed by atoms with Crippen molar-refractivity contribution >= 4 is 23.2 Å². The van der Waals surface area contributed by atoms with Crippen molar-refractivity contribution in [3.63, 3.8) is 0 Å². The van der Waals surface area contributed by atoms with Gasteiger partial charge in [-0.2, -0.15) is 0 Å². The Labute approximate surface area is 99.8 Å². The molecule has 0 amide bonds. The molecule has 1 aromatic carbocycles. The zero-order valence-electron chi connectivity index (χ0n) is 8.80. The van der Waals surface area contributed by atoms with Crippen LogP contribution < -0.4 is 0 Å².